The number of halogens is 1. The third-order valence-corrected chi connectivity index (χ3v) is 3.06. The molecular formula is C16H16FN3O4. The van der Waals surface area contributed by atoms with Crippen molar-refractivity contribution in [1.29, 1.82) is 0 Å². The molecular weight excluding hydrogens is 317 g/mol. The summed E-state index contributed by atoms with van der Waals surface area (Å²) >= 11 is 0. The number of hydrogen-bond acceptors (Lipinski definition) is 4. The van der Waals surface area contributed by atoms with Gasteiger partial charge < -0.3 is 20.4 Å². The molecule has 0 aliphatic rings. The van der Waals surface area contributed by atoms with Crippen molar-refractivity contribution in [2.45, 2.75) is 6.92 Å². The van der Waals surface area contributed by atoms with E-state index in [0.29, 0.717) is 11.3 Å². The number of benzene rings is 1. The summed E-state index contributed by atoms with van der Waals surface area (Å²) in [6.07, 6.45) is 1.34. The summed E-state index contributed by atoms with van der Waals surface area (Å²) in [5, 5.41) is 7.14. The van der Waals surface area contributed by atoms with Crippen LogP contribution in [0.3, 0.4) is 0 Å². The Morgan fingerprint density at radius 1 is 1.08 bits per heavy atom. The molecule has 3 amide bonds. The predicted octanol–water partition coefficient (Wildman–Crippen LogP) is 1.21. The zero-order valence-electron chi connectivity index (χ0n) is 12.9. The molecule has 0 bridgehead atoms. The second-order valence-corrected chi connectivity index (χ2v) is 4.95. The van der Waals surface area contributed by atoms with Crippen molar-refractivity contribution in [3.8, 4) is 0 Å². The van der Waals surface area contributed by atoms with Crippen LogP contribution in [0.15, 0.2) is 41.0 Å². The molecule has 3 N–H and O–H groups in total. The van der Waals surface area contributed by atoms with Crippen molar-refractivity contribution in [3.05, 3.63) is 53.7 Å². The van der Waals surface area contributed by atoms with E-state index in [2.05, 4.69) is 16.0 Å². The van der Waals surface area contributed by atoms with Gasteiger partial charge in [0.15, 0.2) is 5.76 Å². The van der Waals surface area contributed by atoms with Crippen LogP contribution in [0.4, 0.5) is 10.1 Å². The quantitative estimate of drug-likeness (QED) is 0.740. The van der Waals surface area contributed by atoms with Crippen LogP contribution in [-0.4, -0.2) is 30.8 Å². The van der Waals surface area contributed by atoms with Crippen molar-refractivity contribution in [2.24, 2.45) is 0 Å². The van der Waals surface area contributed by atoms with E-state index in [9.17, 15) is 18.8 Å². The van der Waals surface area contributed by atoms with Crippen LogP contribution in [0.5, 0.6) is 0 Å². The second kappa shape index (κ2) is 7.91. The lowest BCUT2D eigenvalue weighted by Gasteiger charge is -2.08. The van der Waals surface area contributed by atoms with Gasteiger partial charge in [-0.25, -0.2) is 4.39 Å². The van der Waals surface area contributed by atoms with Crippen molar-refractivity contribution < 1.29 is 23.2 Å². The smallest absolute Gasteiger partial charge is 0.287 e. The minimum absolute atomic E-state index is 0.0851. The molecule has 126 valence electrons. The van der Waals surface area contributed by atoms with Gasteiger partial charge in [-0.05, 0) is 36.8 Å². The first-order valence-corrected chi connectivity index (χ1v) is 7.10. The average molecular weight is 333 g/mol. The normalized spacial score (nSPS) is 10.1. The Morgan fingerprint density at radius 2 is 1.83 bits per heavy atom. The van der Waals surface area contributed by atoms with E-state index >= 15 is 0 Å². The zero-order valence-corrected chi connectivity index (χ0v) is 12.9. The Kier molecular flexibility index (Phi) is 5.67. The number of furan rings is 1. The summed E-state index contributed by atoms with van der Waals surface area (Å²) in [6.45, 7) is 1.01. The van der Waals surface area contributed by atoms with Crippen LogP contribution in [0, 0.1) is 12.7 Å². The monoisotopic (exact) mass is 333 g/mol. The van der Waals surface area contributed by atoms with Gasteiger partial charge in [-0.3, -0.25) is 14.4 Å². The van der Waals surface area contributed by atoms with Gasteiger partial charge in [0.05, 0.1) is 19.4 Å². The minimum Gasteiger partial charge on any atom is -0.459 e. The molecule has 0 unspecified atom stereocenters. The Hall–Kier alpha value is -3.16. The lowest BCUT2D eigenvalue weighted by molar-refractivity contribution is -0.123. The highest BCUT2D eigenvalue weighted by atomic mass is 19.1. The van der Waals surface area contributed by atoms with Crippen LogP contribution in [0.2, 0.25) is 0 Å². The van der Waals surface area contributed by atoms with Gasteiger partial charge in [-0.2, -0.15) is 0 Å². The standard InChI is InChI=1S/C16H16FN3O4/c1-10-4-5-11(7-12(10)17)20-15(22)9-18-14(21)8-19-16(23)13-3-2-6-24-13/h2-7H,8-9H2,1H3,(H,18,21)(H,19,23)(H,20,22). The molecule has 1 aromatic carbocycles. The van der Waals surface area contributed by atoms with E-state index in [1.165, 1.54) is 24.5 Å². The van der Waals surface area contributed by atoms with Crippen LogP contribution in [-0.2, 0) is 9.59 Å². The Morgan fingerprint density at radius 3 is 2.50 bits per heavy atom. The Balaban J connectivity index is 1.72. The van der Waals surface area contributed by atoms with Crippen LogP contribution >= 0.6 is 0 Å². The van der Waals surface area contributed by atoms with Crippen LogP contribution in [0.1, 0.15) is 16.1 Å². The predicted molar refractivity (Wildman–Crippen MR) is 83.8 cm³/mol. The molecule has 1 heterocycles. The average Bonchev–Trinajstić information content (AvgIpc) is 3.08. The van der Waals surface area contributed by atoms with Gasteiger partial charge in [0.2, 0.25) is 11.8 Å². The van der Waals surface area contributed by atoms with Crippen LogP contribution in [0.25, 0.3) is 0 Å². The number of hydrogen-bond donors (Lipinski definition) is 3. The van der Waals surface area contributed by atoms with Crippen molar-refractivity contribution in [1.82, 2.24) is 10.6 Å². The van der Waals surface area contributed by atoms with Crippen molar-refractivity contribution in [2.75, 3.05) is 18.4 Å². The molecule has 24 heavy (non-hydrogen) atoms. The first kappa shape index (κ1) is 17.2. The van der Waals surface area contributed by atoms with E-state index in [0.717, 1.165) is 0 Å². The van der Waals surface area contributed by atoms with E-state index in [1.807, 2.05) is 0 Å². The number of aryl methyl sites for hydroxylation is 1. The van der Waals surface area contributed by atoms with Gasteiger partial charge in [0.25, 0.3) is 5.91 Å². The fourth-order valence-corrected chi connectivity index (χ4v) is 1.77. The summed E-state index contributed by atoms with van der Waals surface area (Å²) in [6, 6.07) is 7.29. The lowest BCUT2D eigenvalue weighted by Crippen LogP contribution is -2.40. The molecule has 0 spiro atoms. The van der Waals surface area contributed by atoms with E-state index in [4.69, 9.17) is 4.42 Å². The topological polar surface area (TPSA) is 100 Å². The van der Waals surface area contributed by atoms with Gasteiger partial charge in [-0.1, -0.05) is 6.07 Å². The highest BCUT2D eigenvalue weighted by Crippen LogP contribution is 2.13. The maximum absolute atomic E-state index is 13.4. The number of carbonyl (C=O) groups excluding carboxylic acids is 3. The highest BCUT2D eigenvalue weighted by Gasteiger charge is 2.11. The fraction of sp³-hybridized carbons (Fsp3) is 0.188. The Bertz CT molecular complexity index is 744. The summed E-state index contributed by atoms with van der Waals surface area (Å²) < 4.78 is 18.2. The second-order valence-electron chi connectivity index (χ2n) is 4.95. The molecule has 0 atom stereocenters. The molecule has 0 saturated heterocycles. The number of anilines is 1. The van der Waals surface area contributed by atoms with Crippen LogP contribution < -0.4 is 16.0 Å². The van der Waals surface area contributed by atoms with Crippen molar-refractivity contribution >= 4 is 23.4 Å². The maximum atomic E-state index is 13.4. The highest BCUT2D eigenvalue weighted by molar-refractivity contribution is 5.96. The molecule has 2 aromatic rings. The third kappa shape index (κ3) is 4.94. The van der Waals surface area contributed by atoms with E-state index in [1.54, 1.807) is 19.1 Å². The number of nitrogens with one attached hydrogen (secondary N) is 3. The largest absolute Gasteiger partial charge is 0.459 e. The third-order valence-electron chi connectivity index (χ3n) is 3.06. The molecule has 0 aliphatic carbocycles. The molecule has 0 saturated carbocycles. The van der Waals surface area contributed by atoms with Gasteiger partial charge >= 0.3 is 0 Å². The minimum atomic E-state index is -0.542. The number of carbonyl (C=O) groups is 3. The van der Waals surface area contributed by atoms with Gasteiger partial charge in [0, 0.05) is 5.69 Å². The summed E-state index contributed by atoms with van der Waals surface area (Å²) in [7, 11) is 0. The Labute approximate surface area is 137 Å². The maximum Gasteiger partial charge on any atom is 0.287 e. The molecule has 2 rings (SSSR count). The summed E-state index contributed by atoms with van der Waals surface area (Å²) in [4.78, 5) is 34.8. The first-order chi connectivity index (χ1) is 11.5. The molecule has 7 nitrogen and oxygen atoms in total. The number of rotatable bonds is 6. The number of amides is 3. The van der Waals surface area contributed by atoms with E-state index in [-0.39, 0.29) is 18.8 Å². The SMILES string of the molecule is Cc1ccc(NC(=O)CNC(=O)CNC(=O)c2ccco2)cc1F. The first-order valence-electron chi connectivity index (χ1n) is 7.10. The van der Waals surface area contributed by atoms with Gasteiger partial charge in [0.1, 0.15) is 5.82 Å². The summed E-state index contributed by atoms with van der Waals surface area (Å²) in [5.41, 5.74) is 0.761. The lowest BCUT2D eigenvalue weighted by atomic mass is 10.2. The molecule has 0 fully saturated rings. The van der Waals surface area contributed by atoms with Gasteiger partial charge in [-0.15, -0.1) is 0 Å². The zero-order chi connectivity index (χ0) is 17.5. The summed E-state index contributed by atoms with van der Waals surface area (Å²) in [5.74, 6) is -1.93. The molecule has 0 radical (unpaired) electrons. The molecule has 8 heteroatoms. The molecule has 0 aliphatic heterocycles. The fourth-order valence-electron chi connectivity index (χ4n) is 1.77. The van der Waals surface area contributed by atoms with E-state index < -0.39 is 23.5 Å². The molecule has 1 aromatic heterocycles. The van der Waals surface area contributed by atoms with Crippen molar-refractivity contribution in [3.63, 3.8) is 0 Å².